The Balaban J connectivity index is 1.57. The molecule has 3 rings (SSSR count). The van der Waals surface area contributed by atoms with Gasteiger partial charge >= 0.3 is 5.97 Å². The molecule has 2 heterocycles. The molecule has 0 aromatic carbocycles. The number of aromatic nitrogens is 2. The lowest BCUT2D eigenvalue weighted by Gasteiger charge is -2.11. The predicted octanol–water partition coefficient (Wildman–Crippen LogP) is 0.853. The van der Waals surface area contributed by atoms with Crippen molar-refractivity contribution in [2.45, 2.75) is 31.7 Å². The number of carbonyl (C=O) groups is 1. The lowest BCUT2D eigenvalue weighted by Crippen LogP contribution is -2.23. The van der Waals surface area contributed by atoms with Crippen LogP contribution in [0, 0.1) is 5.92 Å². The monoisotopic (exact) mass is 237 g/mol. The van der Waals surface area contributed by atoms with Crippen molar-refractivity contribution >= 4 is 5.97 Å². The molecule has 0 amide bonds. The molecule has 0 bridgehead atoms. The molecular weight excluding hydrogens is 222 g/mol. The number of nitrogens with zero attached hydrogens (tertiary/aromatic N) is 3. The summed E-state index contributed by atoms with van der Waals surface area (Å²) in [6.07, 6.45) is 3.00. The van der Waals surface area contributed by atoms with Gasteiger partial charge in [-0.1, -0.05) is 5.16 Å². The Labute approximate surface area is 98.6 Å². The molecule has 2 fully saturated rings. The van der Waals surface area contributed by atoms with E-state index >= 15 is 0 Å². The van der Waals surface area contributed by atoms with E-state index in [-0.39, 0.29) is 5.92 Å². The summed E-state index contributed by atoms with van der Waals surface area (Å²) in [6.45, 7) is 1.98. The Kier molecular flexibility index (Phi) is 2.58. The number of likely N-dealkylation sites (tertiary alicyclic amines) is 1. The van der Waals surface area contributed by atoms with E-state index in [1.54, 1.807) is 0 Å². The topological polar surface area (TPSA) is 79.5 Å². The van der Waals surface area contributed by atoms with Crippen molar-refractivity contribution < 1.29 is 14.4 Å². The first-order valence-electron chi connectivity index (χ1n) is 6.00. The van der Waals surface area contributed by atoms with Crippen LogP contribution in [0.25, 0.3) is 0 Å². The van der Waals surface area contributed by atoms with Crippen LogP contribution in [0.1, 0.15) is 36.9 Å². The van der Waals surface area contributed by atoms with Crippen LogP contribution in [0.5, 0.6) is 0 Å². The molecule has 2 aliphatic rings. The molecule has 1 aromatic rings. The Hall–Kier alpha value is -1.43. The fraction of sp³-hybridized carbons (Fsp3) is 0.727. The van der Waals surface area contributed by atoms with Gasteiger partial charge in [0.25, 0.3) is 0 Å². The Bertz CT molecular complexity index is 427. The summed E-state index contributed by atoms with van der Waals surface area (Å²) in [5.74, 6) is 0.942. The second kappa shape index (κ2) is 4.10. The third kappa shape index (κ3) is 2.31. The summed E-state index contributed by atoms with van der Waals surface area (Å²) in [5, 5.41) is 12.8. The van der Waals surface area contributed by atoms with Crippen molar-refractivity contribution in [3.05, 3.63) is 11.7 Å². The van der Waals surface area contributed by atoms with Gasteiger partial charge in [-0.3, -0.25) is 9.69 Å². The van der Waals surface area contributed by atoms with Crippen molar-refractivity contribution in [2.75, 3.05) is 13.1 Å². The van der Waals surface area contributed by atoms with Crippen LogP contribution in [0.2, 0.25) is 0 Å². The standard InChI is InChI=1S/C11H15N3O3/c15-11(16)8-3-4-14(5-8)6-9-12-10(17-13-9)7-1-2-7/h7-8H,1-6H2,(H,15,16). The molecule has 1 aliphatic carbocycles. The van der Waals surface area contributed by atoms with Crippen molar-refractivity contribution in [1.82, 2.24) is 15.0 Å². The minimum atomic E-state index is -0.709. The highest BCUT2D eigenvalue weighted by Gasteiger charge is 2.31. The maximum atomic E-state index is 10.8. The van der Waals surface area contributed by atoms with Crippen LogP contribution in [0.15, 0.2) is 4.52 Å². The summed E-state index contributed by atoms with van der Waals surface area (Å²) >= 11 is 0. The van der Waals surface area contributed by atoms with Crippen molar-refractivity contribution in [3.63, 3.8) is 0 Å². The lowest BCUT2D eigenvalue weighted by atomic mass is 10.1. The SMILES string of the molecule is O=C(O)C1CCN(Cc2noc(C3CC3)n2)C1. The molecule has 1 N–H and O–H groups in total. The fourth-order valence-electron chi connectivity index (χ4n) is 2.21. The van der Waals surface area contributed by atoms with Crippen molar-refractivity contribution in [3.8, 4) is 0 Å². The first kappa shape index (κ1) is 10.7. The number of aliphatic carboxylic acids is 1. The molecule has 6 heteroatoms. The van der Waals surface area contributed by atoms with Crippen LogP contribution in [0.4, 0.5) is 0 Å². The van der Waals surface area contributed by atoms with Gasteiger partial charge in [0.1, 0.15) is 0 Å². The molecule has 6 nitrogen and oxygen atoms in total. The number of carboxylic acid groups (broad SMARTS) is 1. The van der Waals surface area contributed by atoms with E-state index in [0.29, 0.717) is 31.3 Å². The first-order chi connectivity index (χ1) is 8.22. The van der Waals surface area contributed by atoms with Crippen LogP contribution in [-0.2, 0) is 11.3 Å². The molecule has 1 saturated heterocycles. The molecule has 1 atom stereocenters. The highest BCUT2D eigenvalue weighted by atomic mass is 16.5. The van der Waals surface area contributed by atoms with E-state index in [0.717, 1.165) is 25.3 Å². The number of hydrogen-bond donors (Lipinski definition) is 1. The molecule has 1 aromatic heterocycles. The molecule has 0 radical (unpaired) electrons. The molecule has 1 aliphatic heterocycles. The summed E-state index contributed by atoms with van der Waals surface area (Å²) in [7, 11) is 0. The second-order valence-electron chi connectivity index (χ2n) is 4.88. The maximum absolute atomic E-state index is 10.8. The number of carboxylic acids is 1. The van der Waals surface area contributed by atoms with E-state index in [1.165, 1.54) is 0 Å². The van der Waals surface area contributed by atoms with Crippen molar-refractivity contribution in [1.29, 1.82) is 0 Å². The molecule has 0 spiro atoms. The third-order valence-corrected chi connectivity index (χ3v) is 3.40. The number of hydrogen-bond acceptors (Lipinski definition) is 5. The van der Waals surface area contributed by atoms with Gasteiger partial charge in [0.15, 0.2) is 5.82 Å². The van der Waals surface area contributed by atoms with Gasteiger partial charge in [0.05, 0.1) is 12.5 Å². The minimum Gasteiger partial charge on any atom is -0.481 e. The maximum Gasteiger partial charge on any atom is 0.307 e. The van der Waals surface area contributed by atoms with Crippen LogP contribution in [0.3, 0.4) is 0 Å². The zero-order valence-corrected chi connectivity index (χ0v) is 9.50. The average Bonchev–Trinajstić information content (AvgIpc) is 2.87. The van der Waals surface area contributed by atoms with Crippen molar-refractivity contribution in [2.24, 2.45) is 5.92 Å². The highest BCUT2D eigenvalue weighted by molar-refractivity contribution is 5.70. The van der Waals surface area contributed by atoms with Gasteiger partial charge in [-0.25, -0.2) is 0 Å². The highest BCUT2D eigenvalue weighted by Crippen LogP contribution is 2.38. The van der Waals surface area contributed by atoms with Gasteiger partial charge in [-0.05, 0) is 25.8 Å². The lowest BCUT2D eigenvalue weighted by molar-refractivity contribution is -0.141. The normalized spacial score (nSPS) is 25.3. The minimum absolute atomic E-state index is 0.246. The molecule has 92 valence electrons. The van der Waals surface area contributed by atoms with E-state index in [1.807, 2.05) is 0 Å². The Morgan fingerprint density at radius 2 is 2.29 bits per heavy atom. The van der Waals surface area contributed by atoms with E-state index in [4.69, 9.17) is 9.63 Å². The zero-order valence-electron chi connectivity index (χ0n) is 9.50. The van der Waals surface area contributed by atoms with Gasteiger partial charge < -0.3 is 9.63 Å². The summed E-state index contributed by atoms with van der Waals surface area (Å²) < 4.78 is 5.17. The smallest absolute Gasteiger partial charge is 0.307 e. The van der Waals surface area contributed by atoms with E-state index in [2.05, 4.69) is 15.0 Å². The largest absolute Gasteiger partial charge is 0.481 e. The average molecular weight is 237 g/mol. The summed E-state index contributed by atoms with van der Waals surface area (Å²) in [4.78, 5) is 17.2. The first-order valence-corrected chi connectivity index (χ1v) is 6.00. The van der Waals surface area contributed by atoms with Gasteiger partial charge in [0.2, 0.25) is 5.89 Å². The Morgan fingerprint density at radius 3 is 2.94 bits per heavy atom. The summed E-state index contributed by atoms with van der Waals surface area (Å²) in [6, 6.07) is 0. The van der Waals surface area contributed by atoms with Gasteiger partial charge in [-0.2, -0.15) is 4.98 Å². The molecule has 1 saturated carbocycles. The zero-order chi connectivity index (χ0) is 11.8. The van der Waals surface area contributed by atoms with E-state index in [9.17, 15) is 4.79 Å². The Morgan fingerprint density at radius 1 is 1.47 bits per heavy atom. The summed E-state index contributed by atoms with van der Waals surface area (Å²) in [5.41, 5.74) is 0. The fourth-order valence-corrected chi connectivity index (χ4v) is 2.21. The van der Waals surface area contributed by atoms with Crippen LogP contribution < -0.4 is 0 Å². The predicted molar refractivity (Wildman–Crippen MR) is 57.3 cm³/mol. The van der Waals surface area contributed by atoms with Gasteiger partial charge in [-0.15, -0.1) is 0 Å². The molecular formula is C11H15N3O3. The molecule has 1 unspecified atom stereocenters. The van der Waals surface area contributed by atoms with E-state index < -0.39 is 5.97 Å². The van der Waals surface area contributed by atoms with Gasteiger partial charge in [0, 0.05) is 12.5 Å². The number of rotatable bonds is 4. The molecule has 17 heavy (non-hydrogen) atoms. The third-order valence-electron chi connectivity index (χ3n) is 3.40. The quantitative estimate of drug-likeness (QED) is 0.836. The second-order valence-corrected chi connectivity index (χ2v) is 4.88. The van der Waals surface area contributed by atoms with Crippen LogP contribution >= 0.6 is 0 Å². The van der Waals surface area contributed by atoms with Crippen LogP contribution in [-0.4, -0.2) is 39.2 Å².